The number of carbonyl (C=O) groups excluding carboxylic acids is 2. The van der Waals surface area contributed by atoms with E-state index in [-0.39, 0.29) is 23.6 Å². The van der Waals surface area contributed by atoms with E-state index in [2.05, 4.69) is 10.1 Å². The number of ketones is 1. The second-order valence-corrected chi connectivity index (χ2v) is 7.62. The third kappa shape index (κ3) is 4.86. The standard InChI is InChI=1S/C22H22F3N5O2/c1-28(2)13-18-26-20(21(32)29(3)4)27-30(18)15-10-11-17(22(23,24)25)16(12-15)19(31)14-8-6-5-7-9-14/h5-12H,13H2,1-4H3. The van der Waals surface area contributed by atoms with E-state index in [4.69, 9.17) is 0 Å². The first-order chi connectivity index (χ1) is 15.0. The van der Waals surface area contributed by atoms with Crippen LogP contribution in [0.1, 0.15) is 37.9 Å². The first-order valence-electron chi connectivity index (χ1n) is 9.62. The van der Waals surface area contributed by atoms with Crippen LogP contribution in [-0.4, -0.2) is 64.4 Å². The quantitative estimate of drug-likeness (QED) is 0.545. The van der Waals surface area contributed by atoms with Crippen LogP contribution in [0, 0.1) is 0 Å². The van der Waals surface area contributed by atoms with Crippen molar-refractivity contribution in [3.63, 3.8) is 0 Å². The summed E-state index contributed by atoms with van der Waals surface area (Å²) in [5, 5.41) is 4.21. The van der Waals surface area contributed by atoms with Gasteiger partial charge >= 0.3 is 6.18 Å². The second-order valence-electron chi connectivity index (χ2n) is 7.62. The Balaban J connectivity index is 2.19. The van der Waals surface area contributed by atoms with Crippen molar-refractivity contribution in [2.75, 3.05) is 28.2 Å². The van der Waals surface area contributed by atoms with Crippen LogP contribution in [-0.2, 0) is 12.7 Å². The molecule has 1 heterocycles. The van der Waals surface area contributed by atoms with Crippen molar-refractivity contribution in [1.29, 1.82) is 0 Å². The molecule has 0 N–H and O–H groups in total. The summed E-state index contributed by atoms with van der Waals surface area (Å²) in [7, 11) is 6.65. The SMILES string of the molecule is CN(C)Cc1nc(C(=O)N(C)C)nn1-c1ccc(C(F)(F)F)c(C(=O)c2ccccc2)c1. The molecule has 0 aliphatic heterocycles. The fraction of sp³-hybridized carbons (Fsp3) is 0.273. The van der Waals surface area contributed by atoms with Gasteiger partial charge in [0.2, 0.25) is 5.82 Å². The first-order valence-corrected chi connectivity index (χ1v) is 9.62. The minimum Gasteiger partial charge on any atom is -0.342 e. The molecule has 7 nitrogen and oxygen atoms in total. The molecular formula is C22H22F3N5O2. The Bertz CT molecular complexity index is 1140. The van der Waals surface area contributed by atoms with Crippen molar-refractivity contribution in [1.82, 2.24) is 24.6 Å². The monoisotopic (exact) mass is 445 g/mol. The Hall–Kier alpha value is -3.53. The Kier molecular flexibility index (Phi) is 6.45. The summed E-state index contributed by atoms with van der Waals surface area (Å²) >= 11 is 0. The van der Waals surface area contributed by atoms with Crippen LogP contribution < -0.4 is 0 Å². The van der Waals surface area contributed by atoms with Gasteiger partial charge in [-0.1, -0.05) is 30.3 Å². The zero-order chi connectivity index (χ0) is 23.6. The van der Waals surface area contributed by atoms with Gasteiger partial charge in [-0.2, -0.15) is 13.2 Å². The van der Waals surface area contributed by atoms with Crippen LogP contribution in [0.25, 0.3) is 5.69 Å². The van der Waals surface area contributed by atoms with Crippen molar-refractivity contribution in [2.45, 2.75) is 12.7 Å². The lowest BCUT2D eigenvalue weighted by Crippen LogP contribution is -2.23. The van der Waals surface area contributed by atoms with Gasteiger partial charge in [0.05, 0.1) is 17.8 Å². The lowest BCUT2D eigenvalue weighted by molar-refractivity contribution is -0.137. The lowest BCUT2D eigenvalue weighted by Gasteiger charge is -2.15. The zero-order valence-corrected chi connectivity index (χ0v) is 18.0. The summed E-state index contributed by atoms with van der Waals surface area (Å²) in [6, 6.07) is 10.9. The number of halogens is 3. The smallest absolute Gasteiger partial charge is 0.342 e. The van der Waals surface area contributed by atoms with E-state index in [0.29, 0.717) is 5.82 Å². The predicted octanol–water partition coefficient (Wildman–Crippen LogP) is 3.28. The van der Waals surface area contributed by atoms with Gasteiger partial charge in [-0.3, -0.25) is 9.59 Å². The minimum absolute atomic E-state index is 0.0947. The summed E-state index contributed by atoms with van der Waals surface area (Å²) in [5.41, 5.74) is -1.23. The van der Waals surface area contributed by atoms with Crippen LogP contribution in [0.4, 0.5) is 13.2 Å². The molecule has 0 aliphatic carbocycles. The molecule has 10 heteroatoms. The largest absolute Gasteiger partial charge is 0.417 e. The maximum atomic E-state index is 13.7. The first kappa shape index (κ1) is 23.1. The maximum absolute atomic E-state index is 13.7. The average Bonchev–Trinajstić information content (AvgIpc) is 3.15. The molecule has 2 aromatic carbocycles. The number of aromatic nitrogens is 3. The molecule has 0 bridgehead atoms. The molecule has 168 valence electrons. The number of benzene rings is 2. The third-order valence-corrected chi connectivity index (χ3v) is 4.56. The van der Waals surface area contributed by atoms with Gasteiger partial charge in [-0.25, -0.2) is 9.67 Å². The van der Waals surface area contributed by atoms with Crippen LogP contribution in [0.2, 0.25) is 0 Å². The van der Waals surface area contributed by atoms with Crippen molar-refractivity contribution in [2.24, 2.45) is 0 Å². The number of hydrogen-bond acceptors (Lipinski definition) is 5. The molecule has 0 spiro atoms. The van der Waals surface area contributed by atoms with Gasteiger partial charge in [0, 0.05) is 25.2 Å². The van der Waals surface area contributed by atoms with Crippen LogP contribution in [0.5, 0.6) is 0 Å². The van der Waals surface area contributed by atoms with E-state index in [1.165, 1.54) is 27.8 Å². The fourth-order valence-electron chi connectivity index (χ4n) is 3.07. The Labute approximate surface area is 183 Å². The third-order valence-electron chi connectivity index (χ3n) is 4.56. The van der Waals surface area contributed by atoms with Gasteiger partial charge < -0.3 is 9.80 Å². The van der Waals surface area contributed by atoms with E-state index in [9.17, 15) is 22.8 Å². The van der Waals surface area contributed by atoms with E-state index >= 15 is 0 Å². The molecule has 32 heavy (non-hydrogen) atoms. The molecule has 3 aromatic rings. The molecule has 0 unspecified atom stereocenters. The molecular weight excluding hydrogens is 423 g/mol. The highest BCUT2D eigenvalue weighted by Gasteiger charge is 2.36. The van der Waals surface area contributed by atoms with Gasteiger partial charge in [-0.15, -0.1) is 5.10 Å². The topological polar surface area (TPSA) is 71.3 Å². The summed E-state index contributed by atoms with van der Waals surface area (Å²) in [4.78, 5) is 32.6. The molecule has 1 amide bonds. The summed E-state index contributed by atoms with van der Waals surface area (Å²) < 4.78 is 42.3. The van der Waals surface area contributed by atoms with Crippen LogP contribution in [0.3, 0.4) is 0 Å². The summed E-state index contributed by atoms with van der Waals surface area (Å²) in [6.45, 7) is 0.274. The normalized spacial score (nSPS) is 11.6. The highest BCUT2D eigenvalue weighted by Crippen LogP contribution is 2.34. The number of carbonyl (C=O) groups is 2. The Morgan fingerprint density at radius 2 is 1.66 bits per heavy atom. The number of alkyl halides is 3. The molecule has 0 aliphatic rings. The number of rotatable bonds is 6. The van der Waals surface area contributed by atoms with Gasteiger partial charge in [0.1, 0.15) is 5.82 Å². The number of hydrogen-bond donors (Lipinski definition) is 0. The molecule has 3 rings (SSSR count). The van der Waals surface area contributed by atoms with Crippen LogP contribution >= 0.6 is 0 Å². The summed E-state index contributed by atoms with van der Waals surface area (Å²) in [6.07, 6.45) is -4.72. The fourth-order valence-corrected chi connectivity index (χ4v) is 3.07. The van der Waals surface area contributed by atoms with Gasteiger partial charge in [0.15, 0.2) is 5.78 Å². The maximum Gasteiger partial charge on any atom is 0.417 e. The Morgan fingerprint density at radius 1 is 1.00 bits per heavy atom. The van der Waals surface area contributed by atoms with Crippen molar-refractivity contribution >= 4 is 11.7 Å². The van der Waals surface area contributed by atoms with E-state index in [1.807, 2.05) is 0 Å². The van der Waals surface area contributed by atoms with E-state index < -0.39 is 29.0 Å². The van der Waals surface area contributed by atoms with Crippen molar-refractivity contribution in [3.8, 4) is 5.69 Å². The predicted molar refractivity (Wildman–Crippen MR) is 112 cm³/mol. The van der Waals surface area contributed by atoms with Gasteiger partial charge in [0.25, 0.3) is 5.91 Å². The zero-order valence-electron chi connectivity index (χ0n) is 18.0. The minimum atomic E-state index is -4.72. The van der Waals surface area contributed by atoms with Crippen molar-refractivity contribution in [3.05, 3.63) is 76.9 Å². The molecule has 0 radical (unpaired) electrons. The molecule has 0 saturated carbocycles. The van der Waals surface area contributed by atoms with Gasteiger partial charge in [-0.05, 0) is 32.3 Å². The molecule has 0 atom stereocenters. The molecule has 0 fully saturated rings. The second kappa shape index (κ2) is 8.91. The highest BCUT2D eigenvalue weighted by atomic mass is 19.4. The van der Waals surface area contributed by atoms with E-state index in [1.54, 1.807) is 51.3 Å². The van der Waals surface area contributed by atoms with E-state index in [0.717, 1.165) is 12.1 Å². The van der Waals surface area contributed by atoms with Crippen molar-refractivity contribution < 1.29 is 22.8 Å². The molecule has 0 saturated heterocycles. The average molecular weight is 445 g/mol. The summed E-state index contributed by atoms with van der Waals surface area (Å²) in [5.74, 6) is -0.962. The molecule has 1 aromatic heterocycles. The Morgan fingerprint density at radius 3 is 2.22 bits per heavy atom. The number of nitrogens with zero attached hydrogens (tertiary/aromatic N) is 5. The highest BCUT2D eigenvalue weighted by molar-refractivity contribution is 6.10. The number of amides is 1. The van der Waals surface area contributed by atoms with Crippen LogP contribution in [0.15, 0.2) is 48.5 Å². The lowest BCUT2D eigenvalue weighted by atomic mass is 9.97.